The molecule has 1 aromatic carbocycles. The Bertz CT molecular complexity index is 287. The highest BCUT2D eigenvalue weighted by Gasteiger charge is 2.10. The van der Waals surface area contributed by atoms with Crippen LogP contribution >= 0.6 is 15.9 Å². The van der Waals surface area contributed by atoms with Crippen molar-refractivity contribution in [1.29, 1.82) is 0 Å². The Balaban J connectivity index is 2.86. The highest BCUT2D eigenvalue weighted by molar-refractivity contribution is 9.10. The Morgan fingerprint density at radius 3 is 2.31 bits per heavy atom. The van der Waals surface area contributed by atoms with Gasteiger partial charge in [0.1, 0.15) is 0 Å². The summed E-state index contributed by atoms with van der Waals surface area (Å²) in [4.78, 5) is 11.4. The van der Waals surface area contributed by atoms with Gasteiger partial charge in [-0.15, -0.1) is 0 Å². The van der Waals surface area contributed by atoms with Crippen LogP contribution in [0.4, 0.5) is 0 Å². The lowest BCUT2D eigenvalue weighted by Crippen LogP contribution is -2.09. The van der Waals surface area contributed by atoms with Gasteiger partial charge in [-0.3, -0.25) is 4.79 Å². The van der Waals surface area contributed by atoms with Crippen LogP contribution in [0.5, 0.6) is 0 Å². The lowest BCUT2D eigenvalue weighted by Gasteiger charge is -2.03. The molecule has 0 amide bonds. The third-order valence-corrected chi connectivity index (χ3v) is 2.42. The first-order chi connectivity index (χ1) is 6.15. The number of rotatable bonds is 3. The van der Waals surface area contributed by atoms with Gasteiger partial charge >= 0.3 is 0 Å². The maximum atomic E-state index is 11.5. The second-order valence-corrected chi connectivity index (χ2v) is 4.40. The van der Waals surface area contributed by atoms with E-state index in [9.17, 15) is 4.79 Å². The van der Waals surface area contributed by atoms with Crippen LogP contribution in [0.3, 0.4) is 0 Å². The molecule has 0 saturated carbocycles. The number of carbonyl (C=O) groups is 1. The molecular formula is C11H13BrO. The van der Waals surface area contributed by atoms with Crippen molar-refractivity contribution < 1.29 is 4.79 Å². The molecule has 0 aliphatic carbocycles. The number of hydrogen-bond donors (Lipinski definition) is 0. The SMILES string of the molecule is CCc1ccc(C(=O)C(C)Br)cc1. The molecule has 0 aliphatic rings. The minimum absolute atomic E-state index is 0.0972. The fourth-order valence-corrected chi connectivity index (χ4v) is 1.40. The van der Waals surface area contributed by atoms with Gasteiger partial charge in [-0.25, -0.2) is 0 Å². The molecule has 1 unspecified atom stereocenters. The molecule has 1 aromatic rings. The number of alkyl halides is 1. The first-order valence-electron chi connectivity index (χ1n) is 4.42. The van der Waals surface area contributed by atoms with Crippen molar-refractivity contribution in [2.45, 2.75) is 25.1 Å². The van der Waals surface area contributed by atoms with E-state index in [1.165, 1.54) is 5.56 Å². The molecule has 0 aromatic heterocycles. The third-order valence-electron chi connectivity index (χ3n) is 2.01. The highest BCUT2D eigenvalue weighted by Crippen LogP contribution is 2.11. The number of carbonyl (C=O) groups excluding carboxylic acids is 1. The zero-order valence-electron chi connectivity index (χ0n) is 7.88. The van der Waals surface area contributed by atoms with E-state index in [2.05, 4.69) is 22.9 Å². The molecule has 0 aliphatic heterocycles. The van der Waals surface area contributed by atoms with Gasteiger partial charge in [-0.2, -0.15) is 0 Å². The van der Waals surface area contributed by atoms with Crippen molar-refractivity contribution in [3.63, 3.8) is 0 Å². The summed E-state index contributed by atoms with van der Waals surface area (Å²) >= 11 is 3.26. The smallest absolute Gasteiger partial charge is 0.176 e. The molecule has 1 nitrogen and oxygen atoms in total. The number of hydrogen-bond acceptors (Lipinski definition) is 1. The van der Waals surface area contributed by atoms with Crippen molar-refractivity contribution in [1.82, 2.24) is 0 Å². The van der Waals surface area contributed by atoms with Crippen LogP contribution in [0.15, 0.2) is 24.3 Å². The maximum absolute atomic E-state index is 11.5. The fraction of sp³-hybridized carbons (Fsp3) is 0.364. The zero-order valence-corrected chi connectivity index (χ0v) is 9.47. The van der Waals surface area contributed by atoms with Crippen LogP contribution in [-0.2, 0) is 6.42 Å². The molecule has 1 rings (SSSR count). The first-order valence-corrected chi connectivity index (χ1v) is 5.34. The average molecular weight is 241 g/mol. The van der Waals surface area contributed by atoms with Gasteiger partial charge in [-0.05, 0) is 18.9 Å². The predicted molar refractivity (Wildman–Crippen MR) is 58.5 cm³/mol. The zero-order chi connectivity index (χ0) is 9.84. The molecule has 0 bridgehead atoms. The molecule has 0 radical (unpaired) electrons. The Morgan fingerprint density at radius 1 is 1.38 bits per heavy atom. The highest BCUT2D eigenvalue weighted by atomic mass is 79.9. The minimum Gasteiger partial charge on any atom is -0.293 e. The van der Waals surface area contributed by atoms with Crippen LogP contribution in [0.1, 0.15) is 29.8 Å². The monoisotopic (exact) mass is 240 g/mol. The molecule has 0 spiro atoms. The standard InChI is InChI=1S/C11H13BrO/c1-3-9-4-6-10(7-5-9)11(13)8(2)12/h4-8H,3H2,1-2H3. The van der Waals surface area contributed by atoms with Crippen LogP contribution in [0.25, 0.3) is 0 Å². The Hall–Kier alpha value is -0.630. The summed E-state index contributed by atoms with van der Waals surface area (Å²) in [6, 6.07) is 7.78. The normalized spacial score (nSPS) is 12.5. The predicted octanol–water partition coefficient (Wildman–Crippen LogP) is 3.22. The molecule has 13 heavy (non-hydrogen) atoms. The molecule has 70 valence electrons. The molecule has 0 N–H and O–H groups in total. The second kappa shape index (κ2) is 4.56. The number of aryl methyl sites for hydroxylation is 1. The Labute approximate surface area is 87.3 Å². The minimum atomic E-state index is -0.0972. The summed E-state index contributed by atoms with van der Waals surface area (Å²) < 4.78 is 0. The van der Waals surface area contributed by atoms with Crippen molar-refractivity contribution in [3.05, 3.63) is 35.4 Å². The lowest BCUT2D eigenvalue weighted by molar-refractivity contribution is 0.0996. The summed E-state index contributed by atoms with van der Waals surface area (Å²) in [5, 5.41) is 0. The van der Waals surface area contributed by atoms with Gasteiger partial charge in [0, 0.05) is 5.56 Å². The third kappa shape index (κ3) is 2.66. The summed E-state index contributed by atoms with van der Waals surface area (Å²) in [6.07, 6.45) is 1.01. The Kier molecular flexibility index (Phi) is 3.67. The molecular weight excluding hydrogens is 228 g/mol. The number of Topliss-reactive ketones (excluding diaryl/α,β-unsaturated/α-hetero) is 1. The van der Waals surface area contributed by atoms with Crippen molar-refractivity contribution in [2.75, 3.05) is 0 Å². The van der Waals surface area contributed by atoms with E-state index in [0.29, 0.717) is 0 Å². The topological polar surface area (TPSA) is 17.1 Å². The summed E-state index contributed by atoms with van der Waals surface area (Å²) in [7, 11) is 0. The summed E-state index contributed by atoms with van der Waals surface area (Å²) in [5.74, 6) is 0.141. The van der Waals surface area contributed by atoms with Crippen LogP contribution in [0.2, 0.25) is 0 Å². The van der Waals surface area contributed by atoms with E-state index in [1.54, 1.807) is 0 Å². The van der Waals surface area contributed by atoms with Crippen molar-refractivity contribution in [2.24, 2.45) is 0 Å². The molecule has 2 heteroatoms. The summed E-state index contributed by atoms with van der Waals surface area (Å²) in [6.45, 7) is 3.94. The van der Waals surface area contributed by atoms with Gasteiger partial charge in [0.15, 0.2) is 5.78 Å². The molecule has 0 fully saturated rings. The average Bonchev–Trinajstić information content (AvgIpc) is 2.17. The maximum Gasteiger partial charge on any atom is 0.176 e. The van der Waals surface area contributed by atoms with Gasteiger partial charge in [0.25, 0.3) is 0 Å². The van der Waals surface area contributed by atoms with E-state index < -0.39 is 0 Å². The number of ketones is 1. The molecule has 0 heterocycles. The van der Waals surface area contributed by atoms with Crippen LogP contribution in [0, 0.1) is 0 Å². The first kappa shape index (κ1) is 10.5. The van der Waals surface area contributed by atoms with Crippen LogP contribution in [-0.4, -0.2) is 10.6 Å². The molecule has 1 atom stereocenters. The second-order valence-electron chi connectivity index (χ2n) is 3.03. The quantitative estimate of drug-likeness (QED) is 0.586. The van der Waals surface area contributed by atoms with Gasteiger partial charge < -0.3 is 0 Å². The lowest BCUT2D eigenvalue weighted by atomic mass is 10.1. The van der Waals surface area contributed by atoms with E-state index in [4.69, 9.17) is 0 Å². The van der Waals surface area contributed by atoms with E-state index in [0.717, 1.165) is 12.0 Å². The Morgan fingerprint density at radius 2 is 1.92 bits per heavy atom. The van der Waals surface area contributed by atoms with Gasteiger partial charge in [-0.1, -0.05) is 47.1 Å². The molecule has 0 saturated heterocycles. The fourth-order valence-electron chi connectivity index (χ4n) is 1.13. The number of halogens is 1. The van der Waals surface area contributed by atoms with Crippen molar-refractivity contribution in [3.8, 4) is 0 Å². The number of benzene rings is 1. The van der Waals surface area contributed by atoms with Gasteiger partial charge in [0.2, 0.25) is 0 Å². The van der Waals surface area contributed by atoms with Gasteiger partial charge in [0.05, 0.1) is 4.83 Å². The largest absolute Gasteiger partial charge is 0.293 e. The van der Waals surface area contributed by atoms with E-state index >= 15 is 0 Å². The van der Waals surface area contributed by atoms with E-state index in [1.807, 2.05) is 31.2 Å². The van der Waals surface area contributed by atoms with E-state index in [-0.39, 0.29) is 10.6 Å². The van der Waals surface area contributed by atoms with Crippen molar-refractivity contribution >= 4 is 21.7 Å². The summed E-state index contributed by atoms with van der Waals surface area (Å²) in [5.41, 5.74) is 2.04. The van der Waals surface area contributed by atoms with Crippen LogP contribution < -0.4 is 0 Å².